The molecule has 106 valence electrons. The lowest BCUT2D eigenvalue weighted by Crippen LogP contribution is -2.40. The third kappa shape index (κ3) is 2.88. The van der Waals surface area contributed by atoms with Crippen LogP contribution < -0.4 is 5.73 Å². The van der Waals surface area contributed by atoms with Gasteiger partial charge in [0, 0.05) is 26.3 Å². The van der Waals surface area contributed by atoms with Crippen molar-refractivity contribution in [2.75, 3.05) is 26.0 Å². The van der Waals surface area contributed by atoms with Crippen molar-refractivity contribution in [2.45, 2.75) is 23.8 Å². The van der Waals surface area contributed by atoms with Crippen LogP contribution in [0, 0.1) is 5.82 Å². The van der Waals surface area contributed by atoms with Crippen LogP contribution >= 0.6 is 0 Å². The molecule has 1 aliphatic heterocycles. The van der Waals surface area contributed by atoms with Crippen LogP contribution in [0.1, 0.15) is 12.8 Å². The van der Waals surface area contributed by atoms with Crippen molar-refractivity contribution in [3.8, 4) is 0 Å². The van der Waals surface area contributed by atoms with Gasteiger partial charge in [-0.05, 0) is 31.0 Å². The molecule has 0 bridgehead atoms. The number of nitrogens with two attached hydrogens (primary N) is 1. The SMILES string of the molecule is CN(C1CCOCC1)S(=O)(=O)c1ccc(F)c(N)c1. The number of sulfonamides is 1. The first-order valence-electron chi connectivity index (χ1n) is 6.03. The average molecular weight is 288 g/mol. The summed E-state index contributed by atoms with van der Waals surface area (Å²) >= 11 is 0. The van der Waals surface area contributed by atoms with E-state index in [2.05, 4.69) is 0 Å². The maximum Gasteiger partial charge on any atom is 0.243 e. The van der Waals surface area contributed by atoms with Gasteiger partial charge in [0.2, 0.25) is 10.0 Å². The van der Waals surface area contributed by atoms with Gasteiger partial charge in [0.25, 0.3) is 0 Å². The molecular formula is C12H17FN2O3S. The minimum atomic E-state index is -3.65. The second kappa shape index (κ2) is 5.44. The number of rotatable bonds is 3. The summed E-state index contributed by atoms with van der Waals surface area (Å²) in [6.07, 6.45) is 1.32. The van der Waals surface area contributed by atoms with Crippen molar-refractivity contribution < 1.29 is 17.5 Å². The molecule has 0 unspecified atom stereocenters. The Balaban J connectivity index is 2.27. The topological polar surface area (TPSA) is 72.6 Å². The molecule has 19 heavy (non-hydrogen) atoms. The zero-order chi connectivity index (χ0) is 14.0. The Bertz CT molecular complexity index is 556. The van der Waals surface area contributed by atoms with Gasteiger partial charge in [0.1, 0.15) is 5.82 Å². The Labute approximate surface area is 112 Å². The zero-order valence-electron chi connectivity index (χ0n) is 10.7. The molecule has 0 aliphatic carbocycles. The molecule has 0 aromatic heterocycles. The van der Waals surface area contributed by atoms with Gasteiger partial charge >= 0.3 is 0 Å². The van der Waals surface area contributed by atoms with E-state index in [0.29, 0.717) is 26.1 Å². The van der Waals surface area contributed by atoms with E-state index in [1.54, 1.807) is 0 Å². The quantitative estimate of drug-likeness (QED) is 0.848. The minimum Gasteiger partial charge on any atom is -0.396 e. The number of benzene rings is 1. The maximum absolute atomic E-state index is 13.1. The summed E-state index contributed by atoms with van der Waals surface area (Å²) in [5.41, 5.74) is 5.25. The number of hydrogen-bond acceptors (Lipinski definition) is 4. The summed E-state index contributed by atoms with van der Waals surface area (Å²) in [6, 6.07) is 3.36. The first kappa shape index (κ1) is 14.2. The predicted molar refractivity (Wildman–Crippen MR) is 69.6 cm³/mol. The first-order valence-corrected chi connectivity index (χ1v) is 7.48. The standard InChI is InChI=1S/C12H17FN2O3S/c1-15(9-4-6-18-7-5-9)19(16,17)10-2-3-11(13)12(14)8-10/h2-3,8-9H,4-7,14H2,1H3. The second-order valence-corrected chi connectivity index (χ2v) is 6.55. The van der Waals surface area contributed by atoms with Gasteiger partial charge in [0.15, 0.2) is 0 Å². The Morgan fingerprint density at radius 2 is 2.00 bits per heavy atom. The molecule has 1 aromatic carbocycles. The predicted octanol–water partition coefficient (Wildman–Crippen LogP) is 1.21. The summed E-state index contributed by atoms with van der Waals surface area (Å²) in [7, 11) is -2.11. The highest BCUT2D eigenvalue weighted by Gasteiger charge is 2.29. The molecule has 1 heterocycles. The fourth-order valence-corrected chi connectivity index (χ4v) is 3.55. The van der Waals surface area contributed by atoms with Crippen LogP contribution in [0.25, 0.3) is 0 Å². The summed E-state index contributed by atoms with van der Waals surface area (Å²) in [5, 5.41) is 0. The van der Waals surface area contributed by atoms with E-state index >= 15 is 0 Å². The molecule has 0 radical (unpaired) electrons. The van der Waals surface area contributed by atoms with Crippen molar-refractivity contribution in [1.29, 1.82) is 0 Å². The van der Waals surface area contributed by atoms with E-state index in [-0.39, 0.29) is 16.6 Å². The van der Waals surface area contributed by atoms with E-state index < -0.39 is 15.8 Å². The molecule has 0 amide bonds. The lowest BCUT2D eigenvalue weighted by atomic mass is 10.1. The molecular weight excluding hydrogens is 271 g/mol. The van der Waals surface area contributed by atoms with Crippen LogP contribution in [0.4, 0.5) is 10.1 Å². The summed E-state index contributed by atoms with van der Waals surface area (Å²) in [6.45, 7) is 1.10. The van der Waals surface area contributed by atoms with Gasteiger partial charge in [-0.2, -0.15) is 4.31 Å². The van der Waals surface area contributed by atoms with E-state index in [1.165, 1.54) is 17.4 Å². The van der Waals surface area contributed by atoms with Crippen molar-refractivity contribution in [3.63, 3.8) is 0 Å². The number of nitrogens with zero attached hydrogens (tertiary/aromatic N) is 1. The number of halogens is 1. The third-order valence-corrected chi connectivity index (χ3v) is 5.26. The molecule has 0 spiro atoms. The third-order valence-electron chi connectivity index (χ3n) is 3.35. The molecule has 1 fully saturated rings. The zero-order valence-corrected chi connectivity index (χ0v) is 11.5. The van der Waals surface area contributed by atoms with Crippen LogP contribution in [0.15, 0.2) is 23.1 Å². The smallest absolute Gasteiger partial charge is 0.243 e. The van der Waals surface area contributed by atoms with Crippen LogP contribution in [0.3, 0.4) is 0 Å². The van der Waals surface area contributed by atoms with Gasteiger partial charge in [0.05, 0.1) is 10.6 Å². The summed E-state index contributed by atoms with van der Waals surface area (Å²) in [5.74, 6) is -0.618. The van der Waals surface area contributed by atoms with Crippen LogP contribution in [-0.2, 0) is 14.8 Å². The normalized spacial score (nSPS) is 17.8. The number of nitrogen functional groups attached to an aromatic ring is 1. The van der Waals surface area contributed by atoms with Gasteiger partial charge in [-0.3, -0.25) is 0 Å². The van der Waals surface area contributed by atoms with Crippen LogP contribution in [0.2, 0.25) is 0 Å². The molecule has 5 nitrogen and oxygen atoms in total. The van der Waals surface area contributed by atoms with Gasteiger partial charge < -0.3 is 10.5 Å². The molecule has 0 atom stereocenters. The summed E-state index contributed by atoms with van der Waals surface area (Å²) < 4.78 is 44.4. The Morgan fingerprint density at radius 1 is 1.37 bits per heavy atom. The minimum absolute atomic E-state index is 0.0143. The number of ether oxygens (including phenoxy) is 1. The molecule has 1 aliphatic rings. The average Bonchev–Trinajstić information content (AvgIpc) is 2.41. The lowest BCUT2D eigenvalue weighted by molar-refractivity contribution is 0.0632. The molecule has 2 rings (SSSR count). The molecule has 0 saturated carbocycles. The Hall–Kier alpha value is -1.18. The van der Waals surface area contributed by atoms with Crippen LogP contribution in [0.5, 0.6) is 0 Å². The highest BCUT2D eigenvalue weighted by atomic mass is 32.2. The molecule has 1 aromatic rings. The number of hydrogen-bond donors (Lipinski definition) is 1. The van der Waals surface area contributed by atoms with E-state index in [9.17, 15) is 12.8 Å². The van der Waals surface area contributed by atoms with Gasteiger partial charge in [-0.25, -0.2) is 12.8 Å². The second-order valence-electron chi connectivity index (χ2n) is 4.55. The highest BCUT2D eigenvalue weighted by molar-refractivity contribution is 7.89. The van der Waals surface area contributed by atoms with Crippen molar-refractivity contribution in [2.24, 2.45) is 0 Å². The largest absolute Gasteiger partial charge is 0.396 e. The van der Waals surface area contributed by atoms with Crippen molar-refractivity contribution in [3.05, 3.63) is 24.0 Å². The fourth-order valence-electron chi connectivity index (χ4n) is 2.09. The Morgan fingerprint density at radius 3 is 2.58 bits per heavy atom. The Kier molecular flexibility index (Phi) is 4.07. The molecule has 2 N–H and O–H groups in total. The number of anilines is 1. The van der Waals surface area contributed by atoms with E-state index in [4.69, 9.17) is 10.5 Å². The highest BCUT2D eigenvalue weighted by Crippen LogP contribution is 2.24. The monoisotopic (exact) mass is 288 g/mol. The van der Waals surface area contributed by atoms with Crippen molar-refractivity contribution in [1.82, 2.24) is 4.31 Å². The fraction of sp³-hybridized carbons (Fsp3) is 0.500. The summed E-state index contributed by atoms with van der Waals surface area (Å²) in [4.78, 5) is 0.0143. The maximum atomic E-state index is 13.1. The van der Waals surface area contributed by atoms with Crippen LogP contribution in [-0.4, -0.2) is 39.0 Å². The first-order chi connectivity index (χ1) is 8.93. The van der Waals surface area contributed by atoms with Gasteiger partial charge in [-0.15, -0.1) is 0 Å². The van der Waals surface area contributed by atoms with E-state index in [1.807, 2.05) is 0 Å². The van der Waals surface area contributed by atoms with E-state index in [0.717, 1.165) is 12.1 Å². The van der Waals surface area contributed by atoms with Gasteiger partial charge in [-0.1, -0.05) is 0 Å². The molecule has 7 heteroatoms. The lowest BCUT2D eigenvalue weighted by Gasteiger charge is -2.30. The molecule has 1 saturated heterocycles. The van der Waals surface area contributed by atoms with Crippen molar-refractivity contribution >= 4 is 15.7 Å².